The Balaban J connectivity index is 2.77. The molecule has 0 bridgehead atoms. The highest BCUT2D eigenvalue weighted by molar-refractivity contribution is 5.81. The first-order valence-electron chi connectivity index (χ1n) is 8.08. The molecule has 0 aromatic heterocycles. The van der Waals surface area contributed by atoms with E-state index in [2.05, 4.69) is 0 Å². The lowest BCUT2D eigenvalue weighted by Gasteiger charge is -2.35. The van der Waals surface area contributed by atoms with Gasteiger partial charge in [0.2, 0.25) is 5.91 Å². The molecule has 0 spiro atoms. The van der Waals surface area contributed by atoms with Crippen LogP contribution in [0.25, 0.3) is 0 Å². The third-order valence-corrected chi connectivity index (χ3v) is 3.71. The normalized spacial score (nSPS) is 20.2. The van der Waals surface area contributed by atoms with E-state index in [0.29, 0.717) is 13.1 Å². The molecule has 22 heavy (non-hydrogen) atoms. The Morgan fingerprint density at radius 2 is 1.91 bits per heavy atom. The molecule has 2 amide bonds. The van der Waals surface area contributed by atoms with Crippen LogP contribution in [0, 0.1) is 0 Å². The average Bonchev–Trinajstić information content (AvgIpc) is 2.80. The first-order valence-corrected chi connectivity index (χ1v) is 8.08. The summed E-state index contributed by atoms with van der Waals surface area (Å²) in [6, 6.07) is -0.474. The number of carbonyl (C=O) groups excluding carboxylic acids is 2. The first-order chi connectivity index (χ1) is 10.0. The molecule has 128 valence electrons. The summed E-state index contributed by atoms with van der Waals surface area (Å²) in [6.07, 6.45) is 1.52. The summed E-state index contributed by atoms with van der Waals surface area (Å²) in [5.41, 5.74) is 5.22. The van der Waals surface area contributed by atoms with Crippen molar-refractivity contribution in [3.05, 3.63) is 0 Å². The maximum atomic E-state index is 12.3. The van der Waals surface area contributed by atoms with E-state index in [0.717, 1.165) is 12.8 Å². The van der Waals surface area contributed by atoms with Gasteiger partial charge in [0.05, 0.1) is 12.1 Å². The van der Waals surface area contributed by atoms with Crippen molar-refractivity contribution < 1.29 is 14.3 Å². The van der Waals surface area contributed by atoms with E-state index in [1.54, 1.807) is 16.7 Å². The molecular formula is C16H31N3O3. The van der Waals surface area contributed by atoms with Crippen LogP contribution in [-0.2, 0) is 9.53 Å². The first kappa shape index (κ1) is 18.7. The van der Waals surface area contributed by atoms with Crippen LogP contribution in [0.1, 0.15) is 54.4 Å². The molecule has 1 fully saturated rings. The van der Waals surface area contributed by atoms with Crippen LogP contribution in [0.15, 0.2) is 0 Å². The lowest BCUT2D eigenvalue weighted by atomic mass is 10.1. The van der Waals surface area contributed by atoms with E-state index >= 15 is 0 Å². The molecule has 0 aromatic rings. The Labute approximate surface area is 134 Å². The van der Waals surface area contributed by atoms with E-state index in [4.69, 9.17) is 10.5 Å². The summed E-state index contributed by atoms with van der Waals surface area (Å²) < 4.78 is 5.46. The highest BCUT2D eigenvalue weighted by Gasteiger charge is 2.35. The Kier molecular flexibility index (Phi) is 6.23. The summed E-state index contributed by atoms with van der Waals surface area (Å²) >= 11 is 0. The number of rotatable bonds is 4. The van der Waals surface area contributed by atoms with Crippen LogP contribution >= 0.6 is 0 Å². The van der Waals surface area contributed by atoms with Gasteiger partial charge in [-0.25, -0.2) is 4.79 Å². The van der Waals surface area contributed by atoms with Gasteiger partial charge in [-0.2, -0.15) is 0 Å². The Bertz CT molecular complexity index is 402. The van der Waals surface area contributed by atoms with Gasteiger partial charge < -0.3 is 20.3 Å². The second-order valence-corrected chi connectivity index (χ2v) is 7.34. The maximum Gasteiger partial charge on any atom is 0.410 e. The number of nitrogens with zero attached hydrogens (tertiary/aromatic N) is 2. The SMILES string of the molecule is CC(C)N(CC1CCCN1C(=O)OC(C)(C)C)C(=O)[C@H](C)N. The molecule has 1 heterocycles. The molecule has 1 aliphatic heterocycles. The molecule has 0 aliphatic carbocycles. The van der Waals surface area contributed by atoms with Crippen molar-refractivity contribution in [2.45, 2.75) is 78.1 Å². The number of hydrogen-bond acceptors (Lipinski definition) is 4. The largest absolute Gasteiger partial charge is 0.444 e. The molecule has 1 rings (SSSR count). The second kappa shape index (κ2) is 7.31. The van der Waals surface area contributed by atoms with Crippen LogP contribution in [0.4, 0.5) is 4.79 Å². The number of likely N-dealkylation sites (tertiary alicyclic amines) is 1. The van der Waals surface area contributed by atoms with Gasteiger partial charge in [-0.15, -0.1) is 0 Å². The third-order valence-electron chi connectivity index (χ3n) is 3.71. The lowest BCUT2D eigenvalue weighted by molar-refractivity contribution is -0.134. The third kappa shape index (κ3) is 5.16. The van der Waals surface area contributed by atoms with E-state index in [1.165, 1.54) is 0 Å². The second-order valence-electron chi connectivity index (χ2n) is 7.34. The Morgan fingerprint density at radius 3 is 2.36 bits per heavy atom. The van der Waals surface area contributed by atoms with Gasteiger partial charge >= 0.3 is 6.09 Å². The molecular weight excluding hydrogens is 282 g/mol. The van der Waals surface area contributed by atoms with Crippen LogP contribution < -0.4 is 5.73 Å². The minimum atomic E-state index is -0.529. The number of hydrogen-bond donors (Lipinski definition) is 1. The van der Waals surface area contributed by atoms with Gasteiger partial charge in [-0.3, -0.25) is 4.79 Å². The fourth-order valence-electron chi connectivity index (χ4n) is 2.63. The standard InChI is InChI=1S/C16H31N3O3/c1-11(2)19(14(20)12(3)17)10-13-8-7-9-18(13)15(21)22-16(4,5)6/h11-13H,7-10,17H2,1-6H3/t12-,13?/m0/s1. The summed E-state index contributed by atoms with van der Waals surface area (Å²) in [7, 11) is 0. The predicted octanol–water partition coefficient (Wildman–Crippen LogP) is 1.97. The maximum absolute atomic E-state index is 12.3. The van der Waals surface area contributed by atoms with Crippen LogP contribution in [0.3, 0.4) is 0 Å². The number of ether oxygens (including phenoxy) is 1. The molecule has 6 nitrogen and oxygen atoms in total. The van der Waals surface area contributed by atoms with E-state index in [-0.39, 0.29) is 24.1 Å². The molecule has 2 atom stereocenters. The van der Waals surface area contributed by atoms with Crippen molar-refractivity contribution in [2.75, 3.05) is 13.1 Å². The molecule has 1 aliphatic rings. The van der Waals surface area contributed by atoms with Crippen molar-refractivity contribution in [2.24, 2.45) is 5.73 Å². The smallest absolute Gasteiger partial charge is 0.410 e. The van der Waals surface area contributed by atoms with Gasteiger partial charge in [-0.05, 0) is 54.4 Å². The minimum absolute atomic E-state index is 0.0000463. The zero-order chi connectivity index (χ0) is 17.1. The minimum Gasteiger partial charge on any atom is -0.444 e. The monoisotopic (exact) mass is 313 g/mol. The van der Waals surface area contributed by atoms with Crippen molar-refractivity contribution in [1.82, 2.24) is 9.80 Å². The molecule has 1 saturated heterocycles. The molecule has 0 aromatic carbocycles. The summed E-state index contributed by atoms with van der Waals surface area (Å²) in [4.78, 5) is 28.1. The van der Waals surface area contributed by atoms with Crippen LogP contribution in [-0.4, -0.2) is 58.6 Å². The zero-order valence-corrected chi connectivity index (χ0v) is 14.8. The summed E-state index contributed by atoms with van der Waals surface area (Å²) in [6.45, 7) is 12.4. The summed E-state index contributed by atoms with van der Waals surface area (Å²) in [5.74, 6) is -0.0777. The van der Waals surface area contributed by atoms with Gasteiger partial charge in [-0.1, -0.05) is 0 Å². The number of nitrogens with two attached hydrogens (primary N) is 1. The molecule has 6 heteroatoms. The fraction of sp³-hybridized carbons (Fsp3) is 0.875. The quantitative estimate of drug-likeness (QED) is 0.861. The van der Waals surface area contributed by atoms with E-state index in [1.807, 2.05) is 34.6 Å². The van der Waals surface area contributed by atoms with Gasteiger partial charge in [0.25, 0.3) is 0 Å². The van der Waals surface area contributed by atoms with Crippen molar-refractivity contribution in [3.8, 4) is 0 Å². The van der Waals surface area contributed by atoms with Crippen LogP contribution in [0.2, 0.25) is 0 Å². The topological polar surface area (TPSA) is 75.9 Å². The molecule has 0 saturated carbocycles. The predicted molar refractivity (Wildman–Crippen MR) is 86.5 cm³/mol. The molecule has 0 radical (unpaired) electrons. The fourth-order valence-corrected chi connectivity index (χ4v) is 2.63. The Hall–Kier alpha value is -1.30. The van der Waals surface area contributed by atoms with Crippen molar-refractivity contribution in [3.63, 3.8) is 0 Å². The lowest BCUT2D eigenvalue weighted by Crippen LogP contribution is -2.52. The summed E-state index contributed by atoms with van der Waals surface area (Å²) in [5, 5.41) is 0. The number of carbonyl (C=O) groups is 2. The van der Waals surface area contributed by atoms with Gasteiger partial charge in [0.1, 0.15) is 5.60 Å². The van der Waals surface area contributed by atoms with Crippen molar-refractivity contribution in [1.29, 1.82) is 0 Å². The molecule has 1 unspecified atom stereocenters. The van der Waals surface area contributed by atoms with Crippen LogP contribution in [0.5, 0.6) is 0 Å². The van der Waals surface area contributed by atoms with E-state index in [9.17, 15) is 9.59 Å². The number of amides is 2. The molecule has 2 N–H and O–H groups in total. The van der Waals surface area contributed by atoms with Gasteiger partial charge in [0.15, 0.2) is 0 Å². The highest BCUT2D eigenvalue weighted by Crippen LogP contribution is 2.22. The average molecular weight is 313 g/mol. The highest BCUT2D eigenvalue weighted by atomic mass is 16.6. The Morgan fingerprint density at radius 1 is 1.32 bits per heavy atom. The van der Waals surface area contributed by atoms with E-state index < -0.39 is 11.6 Å². The van der Waals surface area contributed by atoms with Crippen molar-refractivity contribution >= 4 is 12.0 Å². The van der Waals surface area contributed by atoms with Gasteiger partial charge in [0, 0.05) is 19.1 Å². The zero-order valence-electron chi connectivity index (χ0n) is 14.8.